The Bertz CT molecular complexity index is 1090. The largest absolute Gasteiger partial charge is 0.465 e. The number of nitrogens with one attached hydrogen (secondary N) is 1. The first-order chi connectivity index (χ1) is 15.5. The fraction of sp³-hybridized carbons (Fsp3) is 0.368. The summed E-state index contributed by atoms with van der Waals surface area (Å²) in [7, 11) is 0. The molecule has 0 bridgehead atoms. The molecule has 0 radical (unpaired) electrons. The van der Waals surface area contributed by atoms with Crippen molar-refractivity contribution in [1.29, 1.82) is 0 Å². The van der Waals surface area contributed by atoms with Crippen LogP contribution < -0.4 is 11.1 Å². The van der Waals surface area contributed by atoms with Gasteiger partial charge in [-0.3, -0.25) is 9.78 Å². The summed E-state index contributed by atoms with van der Waals surface area (Å²) in [5.74, 6) is -3.19. The molecular formula is C19H15F6N5O3. The van der Waals surface area contributed by atoms with Gasteiger partial charge in [0.2, 0.25) is 0 Å². The summed E-state index contributed by atoms with van der Waals surface area (Å²) in [6.45, 7) is -1.14. The quantitative estimate of drug-likeness (QED) is 0.658. The molecule has 0 saturated carbocycles. The standard InChI is InChI=1S/C19H15F6N5O3/c20-11-2-1-8(29-16(31)13-5-27-12(4-28-13)15(21)22)3-9(11)18-7-33-14(19(23,24)25)10(18)6-32-17(26)30-18/h1-5,10,14-15H,6-7H2,(H2,26,30)(H,29,31)/t10?,14-,18?/m0/s1. The third-order valence-corrected chi connectivity index (χ3v) is 5.32. The normalized spacial score (nSPS) is 24.8. The number of ether oxygens (including phenoxy) is 2. The van der Waals surface area contributed by atoms with E-state index in [4.69, 9.17) is 15.2 Å². The molecule has 1 aromatic heterocycles. The van der Waals surface area contributed by atoms with Gasteiger partial charge < -0.3 is 20.5 Å². The summed E-state index contributed by atoms with van der Waals surface area (Å²) in [6, 6.07) is 2.77. The summed E-state index contributed by atoms with van der Waals surface area (Å²) >= 11 is 0. The van der Waals surface area contributed by atoms with Crippen molar-refractivity contribution in [3.63, 3.8) is 0 Å². The van der Waals surface area contributed by atoms with Crippen LogP contribution in [0.1, 0.15) is 28.2 Å². The number of aromatic nitrogens is 2. The monoisotopic (exact) mass is 475 g/mol. The van der Waals surface area contributed by atoms with Crippen molar-refractivity contribution in [1.82, 2.24) is 9.97 Å². The number of nitrogens with two attached hydrogens (primary N) is 1. The van der Waals surface area contributed by atoms with Gasteiger partial charge >= 0.3 is 6.18 Å². The second-order valence-corrected chi connectivity index (χ2v) is 7.34. The average Bonchev–Trinajstić information content (AvgIpc) is 3.15. The van der Waals surface area contributed by atoms with Crippen LogP contribution in [0.3, 0.4) is 0 Å². The third-order valence-electron chi connectivity index (χ3n) is 5.32. The van der Waals surface area contributed by atoms with E-state index in [2.05, 4.69) is 20.3 Å². The number of amidine groups is 1. The van der Waals surface area contributed by atoms with Crippen molar-refractivity contribution in [2.45, 2.75) is 24.2 Å². The van der Waals surface area contributed by atoms with Crippen LogP contribution in [0.2, 0.25) is 0 Å². The van der Waals surface area contributed by atoms with Crippen LogP contribution in [0.15, 0.2) is 35.6 Å². The number of carbonyl (C=O) groups excluding carboxylic acids is 1. The van der Waals surface area contributed by atoms with Gasteiger partial charge in [-0.25, -0.2) is 23.1 Å². The van der Waals surface area contributed by atoms with Crippen LogP contribution in [0.25, 0.3) is 0 Å². The van der Waals surface area contributed by atoms with Crippen molar-refractivity contribution in [3.8, 4) is 0 Å². The lowest BCUT2D eigenvalue weighted by Crippen LogP contribution is -2.48. The topological polar surface area (TPSA) is 112 Å². The van der Waals surface area contributed by atoms with Gasteiger partial charge in [-0.15, -0.1) is 0 Å². The van der Waals surface area contributed by atoms with E-state index in [0.29, 0.717) is 0 Å². The van der Waals surface area contributed by atoms with E-state index >= 15 is 0 Å². The maximum atomic E-state index is 14.8. The third kappa shape index (κ3) is 4.17. The van der Waals surface area contributed by atoms with Crippen LogP contribution in [0.4, 0.5) is 32.0 Å². The smallest absolute Gasteiger partial charge is 0.415 e. The highest BCUT2D eigenvalue weighted by Crippen LogP contribution is 2.50. The van der Waals surface area contributed by atoms with Crippen LogP contribution in [0.5, 0.6) is 0 Å². The van der Waals surface area contributed by atoms with E-state index in [1.54, 1.807) is 0 Å². The molecule has 0 spiro atoms. The van der Waals surface area contributed by atoms with Crippen LogP contribution >= 0.6 is 0 Å². The summed E-state index contributed by atoms with van der Waals surface area (Å²) in [4.78, 5) is 23.4. The summed E-state index contributed by atoms with van der Waals surface area (Å²) in [6.07, 6.45) is -8.34. The van der Waals surface area contributed by atoms with Crippen molar-refractivity contribution in [2.24, 2.45) is 16.6 Å². The molecule has 176 valence electrons. The van der Waals surface area contributed by atoms with Crippen molar-refractivity contribution in [2.75, 3.05) is 18.5 Å². The molecule has 1 fully saturated rings. The summed E-state index contributed by atoms with van der Waals surface area (Å²) in [5.41, 5.74) is 2.49. The molecule has 2 unspecified atom stereocenters. The molecular weight excluding hydrogens is 460 g/mol. The molecule has 33 heavy (non-hydrogen) atoms. The highest BCUT2D eigenvalue weighted by Gasteiger charge is 2.62. The fourth-order valence-corrected chi connectivity index (χ4v) is 3.79. The highest BCUT2D eigenvalue weighted by molar-refractivity contribution is 6.02. The van der Waals surface area contributed by atoms with Gasteiger partial charge in [-0.2, -0.15) is 13.2 Å². The van der Waals surface area contributed by atoms with E-state index in [0.717, 1.165) is 30.6 Å². The second kappa shape index (κ2) is 8.17. The molecule has 8 nitrogen and oxygen atoms in total. The molecule has 2 aliphatic heterocycles. The molecule has 3 heterocycles. The van der Waals surface area contributed by atoms with Crippen molar-refractivity contribution >= 4 is 17.6 Å². The lowest BCUT2D eigenvalue weighted by molar-refractivity contribution is -0.219. The summed E-state index contributed by atoms with van der Waals surface area (Å²) < 4.78 is 90.3. The van der Waals surface area contributed by atoms with Gasteiger partial charge in [0, 0.05) is 11.3 Å². The molecule has 0 aliphatic carbocycles. The zero-order valence-corrected chi connectivity index (χ0v) is 16.4. The van der Waals surface area contributed by atoms with Crippen LogP contribution in [0, 0.1) is 11.7 Å². The second-order valence-electron chi connectivity index (χ2n) is 7.34. The first-order valence-corrected chi connectivity index (χ1v) is 9.39. The lowest BCUT2D eigenvalue weighted by Gasteiger charge is -2.36. The number of anilines is 1. The number of fused-ring (bicyclic) bond motifs is 1. The minimum Gasteiger partial charge on any atom is -0.465 e. The molecule has 14 heteroatoms. The fourth-order valence-electron chi connectivity index (χ4n) is 3.79. The Morgan fingerprint density at radius 2 is 2.00 bits per heavy atom. The Hall–Kier alpha value is -3.42. The number of rotatable bonds is 4. The molecule has 3 N–H and O–H groups in total. The Morgan fingerprint density at radius 3 is 2.64 bits per heavy atom. The van der Waals surface area contributed by atoms with E-state index in [9.17, 15) is 31.1 Å². The van der Waals surface area contributed by atoms with Gasteiger partial charge in [0.15, 0.2) is 6.10 Å². The number of nitrogens with zero attached hydrogens (tertiary/aromatic N) is 3. The molecule has 4 rings (SSSR count). The number of alkyl halides is 5. The summed E-state index contributed by atoms with van der Waals surface area (Å²) in [5, 5.41) is 2.37. The Balaban J connectivity index is 1.66. The SMILES string of the molecule is NC1=NC2(c3cc(NC(=O)c4cnc(C(F)F)cn4)ccc3F)CO[C@H](C(F)(F)F)C2CO1. The predicted molar refractivity (Wildman–Crippen MR) is 99.9 cm³/mol. The molecule has 1 saturated heterocycles. The number of hydrogen-bond acceptors (Lipinski definition) is 7. The van der Waals surface area contributed by atoms with Gasteiger partial charge in [0.05, 0.1) is 31.5 Å². The number of amides is 1. The Morgan fingerprint density at radius 1 is 1.24 bits per heavy atom. The van der Waals surface area contributed by atoms with Crippen molar-refractivity contribution in [3.05, 3.63) is 53.4 Å². The number of benzene rings is 1. The number of carbonyl (C=O) groups is 1. The van der Waals surface area contributed by atoms with Gasteiger partial charge in [0.25, 0.3) is 18.4 Å². The number of aliphatic imine (C=N–C) groups is 1. The molecule has 2 aliphatic rings. The molecule has 2 aromatic rings. The Labute approximate surface area is 181 Å². The van der Waals surface area contributed by atoms with Crippen LogP contribution in [-0.2, 0) is 15.0 Å². The maximum Gasteiger partial charge on any atom is 0.415 e. The lowest BCUT2D eigenvalue weighted by atomic mass is 9.77. The zero-order valence-electron chi connectivity index (χ0n) is 16.4. The van der Waals surface area contributed by atoms with Crippen LogP contribution in [-0.4, -0.2) is 47.4 Å². The predicted octanol–water partition coefficient (Wildman–Crippen LogP) is 2.92. The van der Waals surface area contributed by atoms with E-state index < -0.39 is 66.8 Å². The molecule has 1 aromatic carbocycles. The van der Waals surface area contributed by atoms with E-state index in [1.165, 1.54) is 0 Å². The molecule has 3 atom stereocenters. The molecule has 1 amide bonds. The first-order valence-electron chi connectivity index (χ1n) is 9.39. The number of hydrogen-bond donors (Lipinski definition) is 2. The van der Waals surface area contributed by atoms with Gasteiger partial charge in [0.1, 0.15) is 22.7 Å². The average molecular weight is 475 g/mol. The van der Waals surface area contributed by atoms with E-state index in [-0.39, 0.29) is 16.9 Å². The maximum absolute atomic E-state index is 14.8. The minimum atomic E-state index is -4.76. The van der Waals surface area contributed by atoms with Crippen molar-refractivity contribution < 1.29 is 40.6 Å². The van der Waals surface area contributed by atoms with Gasteiger partial charge in [-0.05, 0) is 18.2 Å². The van der Waals surface area contributed by atoms with E-state index in [1.807, 2.05) is 0 Å². The number of halogens is 6. The first kappa shape index (κ1) is 22.8. The Kier molecular flexibility index (Phi) is 5.64. The highest BCUT2D eigenvalue weighted by atomic mass is 19.4. The van der Waals surface area contributed by atoms with Gasteiger partial charge in [-0.1, -0.05) is 0 Å². The minimum absolute atomic E-state index is 0.0139. The zero-order chi connectivity index (χ0) is 24.0.